The Kier molecular flexibility index (Phi) is 12.8. The standard InChI is InChI=1S/C4H9O.BH3O3.Li/c1-4(2,3)5;2-1(3)4;/h1-3H3;2-4H;/q-1;;+1. The third-order valence-corrected chi connectivity index (χ3v) is 0. The quantitative estimate of drug-likeness (QED) is 0.296. The molecule has 0 aliphatic heterocycles. The zero-order chi connectivity index (χ0) is 8.08. The minimum atomic E-state index is -2.17. The fraction of sp³-hybridized carbons (Fsp3) is 1.00. The molecule has 0 saturated heterocycles. The van der Waals surface area contributed by atoms with Gasteiger partial charge in [-0.1, -0.05) is 20.8 Å². The fourth-order valence-electron chi connectivity index (χ4n) is 0. The van der Waals surface area contributed by atoms with Gasteiger partial charge in [0, 0.05) is 0 Å². The summed E-state index contributed by atoms with van der Waals surface area (Å²) in [7, 11) is -2.17. The molecular weight excluding hydrogens is 130 g/mol. The van der Waals surface area contributed by atoms with Crippen molar-refractivity contribution in [1.82, 2.24) is 0 Å². The number of rotatable bonds is 0. The molecule has 0 aromatic rings. The van der Waals surface area contributed by atoms with Crippen LogP contribution in [0.25, 0.3) is 0 Å². The topological polar surface area (TPSA) is 83.8 Å². The van der Waals surface area contributed by atoms with Gasteiger partial charge < -0.3 is 20.2 Å². The van der Waals surface area contributed by atoms with Gasteiger partial charge >= 0.3 is 26.2 Å². The Balaban J connectivity index is -0.0000000910. The Morgan fingerprint density at radius 2 is 1.10 bits per heavy atom. The molecule has 56 valence electrons. The van der Waals surface area contributed by atoms with Gasteiger partial charge in [-0.05, 0) is 0 Å². The van der Waals surface area contributed by atoms with Gasteiger partial charge in [-0.15, -0.1) is 5.60 Å². The molecule has 4 nitrogen and oxygen atoms in total. The van der Waals surface area contributed by atoms with E-state index >= 15 is 0 Å². The minimum absolute atomic E-state index is 0. The van der Waals surface area contributed by atoms with E-state index in [4.69, 9.17) is 15.1 Å². The normalized spacial score (nSPS) is 8.70. The largest absolute Gasteiger partial charge is 1.00 e. The van der Waals surface area contributed by atoms with E-state index in [0.29, 0.717) is 0 Å². The van der Waals surface area contributed by atoms with Crippen molar-refractivity contribution in [2.24, 2.45) is 0 Å². The molecule has 0 atom stereocenters. The fourth-order valence-corrected chi connectivity index (χ4v) is 0. The van der Waals surface area contributed by atoms with Crippen molar-refractivity contribution in [3.8, 4) is 0 Å². The first-order valence-electron chi connectivity index (χ1n) is 2.48. The van der Waals surface area contributed by atoms with E-state index in [2.05, 4.69) is 0 Å². The molecule has 10 heavy (non-hydrogen) atoms. The summed E-state index contributed by atoms with van der Waals surface area (Å²) in [6, 6.07) is 0. The van der Waals surface area contributed by atoms with Crippen LogP contribution in [0.2, 0.25) is 0 Å². The Morgan fingerprint density at radius 1 is 1.10 bits per heavy atom. The predicted octanol–water partition coefficient (Wildman–Crippen LogP) is -4.90. The molecule has 0 aromatic carbocycles. The summed E-state index contributed by atoms with van der Waals surface area (Å²) in [5.74, 6) is 0. The van der Waals surface area contributed by atoms with E-state index in [1.54, 1.807) is 20.8 Å². The molecule has 0 radical (unpaired) electrons. The van der Waals surface area contributed by atoms with Crippen molar-refractivity contribution in [3.63, 3.8) is 0 Å². The average Bonchev–Trinajstić information content (AvgIpc) is 1.19. The molecule has 0 aromatic heterocycles. The molecule has 0 fully saturated rings. The Bertz CT molecular complexity index is 54.0. The van der Waals surface area contributed by atoms with Gasteiger partial charge in [0.1, 0.15) is 0 Å². The summed E-state index contributed by atoms with van der Waals surface area (Å²) in [4.78, 5) is 0. The second-order valence-electron chi connectivity index (χ2n) is 2.46. The van der Waals surface area contributed by atoms with Gasteiger partial charge in [0.05, 0.1) is 0 Å². The monoisotopic (exact) mass is 142 g/mol. The van der Waals surface area contributed by atoms with Crippen molar-refractivity contribution in [2.75, 3.05) is 0 Å². The maximum absolute atomic E-state index is 10.1. The van der Waals surface area contributed by atoms with Crippen LogP contribution in [0.5, 0.6) is 0 Å². The van der Waals surface area contributed by atoms with Crippen molar-refractivity contribution in [2.45, 2.75) is 26.4 Å². The van der Waals surface area contributed by atoms with Gasteiger partial charge in [0.25, 0.3) is 0 Å². The van der Waals surface area contributed by atoms with E-state index in [1.165, 1.54) is 0 Å². The number of hydrogen-bond donors (Lipinski definition) is 3. The maximum atomic E-state index is 10.1. The van der Waals surface area contributed by atoms with E-state index in [-0.39, 0.29) is 18.9 Å². The van der Waals surface area contributed by atoms with Gasteiger partial charge in [0.2, 0.25) is 0 Å². The molecule has 0 bridgehead atoms. The molecule has 0 aliphatic rings. The van der Waals surface area contributed by atoms with Crippen LogP contribution in [-0.4, -0.2) is 28.0 Å². The third-order valence-electron chi connectivity index (χ3n) is 0. The molecule has 6 heteroatoms. The van der Waals surface area contributed by atoms with Crippen LogP contribution >= 0.6 is 0 Å². The van der Waals surface area contributed by atoms with Crippen molar-refractivity contribution in [3.05, 3.63) is 0 Å². The van der Waals surface area contributed by atoms with E-state index in [0.717, 1.165) is 0 Å². The third kappa shape index (κ3) is 1900. The van der Waals surface area contributed by atoms with Crippen molar-refractivity contribution < 1.29 is 39.0 Å². The molecule has 0 spiro atoms. The summed E-state index contributed by atoms with van der Waals surface area (Å²) in [5.41, 5.74) is -0.750. The SMILES string of the molecule is CC(C)(C)[O-].OB(O)O.[Li+]. The Hall–Kier alpha value is 0.502. The average molecular weight is 142 g/mol. The van der Waals surface area contributed by atoms with E-state index in [9.17, 15) is 5.11 Å². The summed E-state index contributed by atoms with van der Waals surface area (Å²) in [5, 5.41) is 31.6. The summed E-state index contributed by atoms with van der Waals surface area (Å²) >= 11 is 0. The van der Waals surface area contributed by atoms with Crippen LogP contribution in [0.4, 0.5) is 0 Å². The molecular formula is C4H12BLiO4. The molecule has 0 saturated carbocycles. The predicted molar refractivity (Wildman–Crippen MR) is 32.2 cm³/mol. The van der Waals surface area contributed by atoms with Crippen LogP contribution in [0, 0.1) is 0 Å². The van der Waals surface area contributed by atoms with Crippen LogP contribution in [0.15, 0.2) is 0 Å². The summed E-state index contributed by atoms with van der Waals surface area (Å²) in [6.07, 6.45) is 0. The van der Waals surface area contributed by atoms with E-state index < -0.39 is 12.9 Å². The zero-order valence-electron chi connectivity index (χ0n) is 6.83. The molecule has 0 unspecified atom stereocenters. The van der Waals surface area contributed by atoms with Crippen LogP contribution < -0.4 is 24.0 Å². The van der Waals surface area contributed by atoms with Gasteiger partial charge in [-0.25, -0.2) is 0 Å². The van der Waals surface area contributed by atoms with E-state index in [1.807, 2.05) is 0 Å². The van der Waals surface area contributed by atoms with Gasteiger partial charge in [0.15, 0.2) is 0 Å². The first-order valence-corrected chi connectivity index (χ1v) is 2.48. The molecule has 0 aliphatic carbocycles. The second-order valence-corrected chi connectivity index (χ2v) is 2.46. The minimum Gasteiger partial charge on any atom is -0.850 e. The zero-order valence-corrected chi connectivity index (χ0v) is 6.83. The van der Waals surface area contributed by atoms with Crippen LogP contribution in [0.1, 0.15) is 20.8 Å². The smallest absolute Gasteiger partial charge is 0.850 e. The molecule has 3 N–H and O–H groups in total. The van der Waals surface area contributed by atoms with Gasteiger partial charge in [-0.3, -0.25) is 0 Å². The molecule has 0 heterocycles. The van der Waals surface area contributed by atoms with Gasteiger partial charge in [-0.2, -0.15) is 0 Å². The Labute approximate surface area is 73.2 Å². The van der Waals surface area contributed by atoms with Crippen molar-refractivity contribution >= 4 is 7.32 Å². The summed E-state index contributed by atoms with van der Waals surface area (Å²) in [6.45, 7) is 4.90. The van der Waals surface area contributed by atoms with Crippen LogP contribution in [-0.2, 0) is 0 Å². The Morgan fingerprint density at radius 3 is 1.10 bits per heavy atom. The molecule has 0 amide bonds. The van der Waals surface area contributed by atoms with Crippen LogP contribution in [0.3, 0.4) is 0 Å². The molecule has 0 rings (SSSR count). The summed E-state index contributed by atoms with van der Waals surface area (Å²) < 4.78 is 0. The first kappa shape index (κ1) is 16.8. The maximum Gasteiger partial charge on any atom is 1.00 e. The van der Waals surface area contributed by atoms with Crippen molar-refractivity contribution in [1.29, 1.82) is 0 Å². The number of hydrogen-bond acceptors (Lipinski definition) is 4. The first-order chi connectivity index (χ1) is 3.73. The second kappa shape index (κ2) is 7.61.